The summed E-state index contributed by atoms with van der Waals surface area (Å²) in [5.41, 5.74) is 0.256. The third kappa shape index (κ3) is 2.24. The summed E-state index contributed by atoms with van der Waals surface area (Å²) in [6.45, 7) is 1.98. The third-order valence-corrected chi connectivity index (χ3v) is 1.27. The first-order chi connectivity index (χ1) is 6.27. The second-order valence-corrected chi connectivity index (χ2v) is 2.12. The standard InChI is InChI=1S/C8H7N3O2/c1-2-13-8(12)7-3-6(4-9)10-5-11-7/h3,5H,2H2,1H3. The minimum atomic E-state index is -0.540. The quantitative estimate of drug-likeness (QED) is 0.615. The van der Waals surface area contributed by atoms with Crippen LogP contribution in [0.2, 0.25) is 0 Å². The van der Waals surface area contributed by atoms with E-state index in [0.717, 1.165) is 6.33 Å². The summed E-state index contributed by atoms with van der Waals surface area (Å²) in [5.74, 6) is -0.540. The molecule has 0 aliphatic carbocycles. The number of nitrogens with zero attached hydrogens (tertiary/aromatic N) is 3. The molecule has 0 radical (unpaired) electrons. The Hall–Kier alpha value is -1.96. The first-order valence-corrected chi connectivity index (χ1v) is 3.67. The molecule has 0 saturated carbocycles. The molecular formula is C8H7N3O2. The number of ether oxygens (including phenoxy) is 1. The number of rotatable bonds is 2. The van der Waals surface area contributed by atoms with Gasteiger partial charge < -0.3 is 4.74 Å². The Morgan fingerprint density at radius 2 is 2.46 bits per heavy atom. The molecule has 0 fully saturated rings. The second-order valence-electron chi connectivity index (χ2n) is 2.12. The lowest BCUT2D eigenvalue weighted by molar-refractivity contribution is 0.0519. The fourth-order valence-electron chi connectivity index (χ4n) is 0.735. The van der Waals surface area contributed by atoms with Crippen LogP contribution in [0.4, 0.5) is 0 Å². The van der Waals surface area contributed by atoms with E-state index < -0.39 is 5.97 Å². The van der Waals surface area contributed by atoms with E-state index in [0.29, 0.717) is 0 Å². The molecule has 0 spiro atoms. The lowest BCUT2D eigenvalue weighted by Gasteiger charge is -1.99. The highest BCUT2D eigenvalue weighted by molar-refractivity contribution is 5.87. The highest BCUT2D eigenvalue weighted by Gasteiger charge is 2.08. The monoisotopic (exact) mass is 177 g/mol. The second kappa shape index (κ2) is 4.16. The van der Waals surface area contributed by atoms with Crippen molar-refractivity contribution in [2.45, 2.75) is 6.92 Å². The van der Waals surface area contributed by atoms with E-state index in [2.05, 4.69) is 14.7 Å². The van der Waals surface area contributed by atoms with Crippen molar-refractivity contribution in [1.29, 1.82) is 5.26 Å². The Kier molecular flexibility index (Phi) is 2.92. The van der Waals surface area contributed by atoms with E-state index in [1.165, 1.54) is 6.07 Å². The lowest BCUT2D eigenvalue weighted by atomic mass is 10.3. The van der Waals surface area contributed by atoms with Gasteiger partial charge >= 0.3 is 5.97 Å². The smallest absolute Gasteiger partial charge is 0.357 e. The number of carbonyl (C=O) groups is 1. The Morgan fingerprint density at radius 1 is 1.69 bits per heavy atom. The summed E-state index contributed by atoms with van der Waals surface area (Å²) >= 11 is 0. The zero-order chi connectivity index (χ0) is 9.68. The fourth-order valence-corrected chi connectivity index (χ4v) is 0.735. The average Bonchev–Trinajstić information content (AvgIpc) is 2.18. The molecule has 0 atom stereocenters. The lowest BCUT2D eigenvalue weighted by Crippen LogP contribution is -2.07. The number of hydrogen-bond acceptors (Lipinski definition) is 5. The predicted molar refractivity (Wildman–Crippen MR) is 42.7 cm³/mol. The first-order valence-electron chi connectivity index (χ1n) is 3.67. The van der Waals surface area contributed by atoms with E-state index in [4.69, 9.17) is 5.26 Å². The Morgan fingerprint density at radius 3 is 3.08 bits per heavy atom. The summed E-state index contributed by atoms with van der Waals surface area (Å²) in [6, 6.07) is 3.10. The van der Waals surface area contributed by atoms with Gasteiger partial charge in [-0.2, -0.15) is 5.26 Å². The van der Waals surface area contributed by atoms with Crippen LogP contribution >= 0.6 is 0 Å². The van der Waals surface area contributed by atoms with Crippen LogP contribution in [0, 0.1) is 11.3 Å². The number of carbonyl (C=O) groups excluding carboxylic acids is 1. The number of esters is 1. The molecule has 13 heavy (non-hydrogen) atoms. The van der Waals surface area contributed by atoms with Gasteiger partial charge in [-0.3, -0.25) is 0 Å². The van der Waals surface area contributed by atoms with Gasteiger partial charge in [0.15, 0.2) is 5.69 Å². The van der Waals surface area contributed by atoms with Gasteiger partial charge in [-0.25, -0.2) is 14.8 Å². The molecule has 1 aromatic heterocycles. The van der Waals surface area contributed by atoms with E-state index in [-0.39, 0.29) is 18.0 Å². The van der Waals surface area contributed by atoms with Crippen molar-refractivity contribution < 1.29 is 9.53 Å². The minimum absolute atomic E-state index is 0.105. The normalized spacial score (nSPS) is 8.92. The molecule has 1 rings (SSSR count). The van der Waals surface area contributed by atoms with Gasteiger partial charge in [0, 0.05) is 6.07 Å². The number of aromatic nitrogens is 2. The maximum absolute atomic E-state index is 11.1. The number of hydrogen-bond donors (Lipinski definition) is 0. The maximum atomic E-state index is 11.1. The molecular weight excluding hydrogens is 170 g/mol. The SMILES string of the molecule is CCOC(=O)c1cc(C#N)ncn1. The zero-order valence-electron chi connectivity index (χ0n) is 7.02. The molecule has 1 aromatic rings. The molecule has 5 nitrogen and oxygen atoms in total. The van der Waals surface area contributed by atoms with Crippen molar-refractivity contribution >= 4 is 5.97 Å². The molecule has 0 aromatic carbocycles. The molecule has 5 heteroatoms. The Balaban J connectivity index is 2.90. The average molecular weight is 177 g/mol. The fraction of sp³-hybridized carbons (Fsp3) is 0.250. The predicted octanol–water partition coefficient (Wildman–Crippen LogP) is 0.525. The minimum Gasteiger partial charge on any atom is -0.461 e. The highest BCUT2D eigenvalue weighted by Crippen LogP contribution is 1.98. The molecule has 0 amide bonds. The van der Waals surface area contributed by atoms with Crippen LogP contribution < -0.4 is 0 Å². The van der Waals surface area contributed by atoms with Gasteiger partial charge in [0.1, 0.15) is 18.1 Å². The summed E-state index contributed by atoms with van der Waals surface area (Å²) < 4.78 is 4.69. The van der Waals surface area contributed by atoms with Crippen LogP contribution in [0.5, 0.6) is 0 Å². The largest absolute Gasteiger partial charge is 0.461 e. The van der Waals surface area contributed by atoms with Crippen LogP contribution in [-0.4, -0.2) is 22.5 Å². The summed E-state index contributed by atoms with van der Waals surface area (Å²) in [4.78, 5) is 18.4. The van der Waals surface area contributed by atoms with Crippen LogP contribution in [0.1, 0.15) is 23.1 Å². The van der Waals surface area contributed by atoms with Crippen molar-refractivity contribution in [2.75, 3.05) is 6.61 Å². The number of nitriles is 1. The molecule has 0 unspecified atom stereocenters. The molecule has 0 N–H and O–H groups in total. The van der Waals surface area contributed by atoms with Gasteiger partial charge in [-0.1, -0.05) is 0 Å². The first kappa shape index (κ1) is 9.13. The van der Waals surface area contributed by atoms with Gasteiger partial charge in [-0.15, -0.1) is 0 Å². The van der Waals surface area contributed by atoms with Crippen LogP contribution in [-0.2, 0) is 4.74 Å². The molecule has 1 heterocycles. The molecule has 66 valence electrons. The summed E-state index contributed by atoms with van der Waals surface area (Å²) in [5, 5.41) is 8.48. The van der Waals surface area contributed by atoms with Crippen LogP contribution in [0.25, 0.3) is 0 Å². The van der Waals surface area contributed by atoms with Gasteiger partial charge in [0.05, 0.1) is 6.61 Å². The van der Waals surface area contributed by atoms with Crippen molar-refractivity contribution in [1.82, 2.24) is 9.97 Å². The zero-order valence-corrected chi connectivity index (χ0v) is 7.02. The van der Waals surface area contributed by atoms with Crippen molar-refractivity contribution in [3.8, 4) is 6.07 Å². The van der Waals surface area contributed by atoms with E-state index in [9.17, 15) is 4.79 Å². The highest BCUT2D eigenvalue weighted by atomic mass is 16.5. The van der Waals surface area contributed by atoms with Crippen molar-refractivity contribution in [2.24, 2.45) is 0 Å². The molecule has 0 aliphatic heterocycles. The van der Waals surface area contributed by atoms with Crippen LogP contribution in [0.3, 0.4) is 0 Å². The molecule has 0 saturated heterocycles. The van der Waals surface area contributed by atoms with Crippen molar-refractivity contribution in [3.63, 3.8) is 0 Å². The van der Waals surface area contributed by atoms with E-state index in [1.807, 2.05) is 0 Å². The van der Waals surface area contributed by atoms with E-state index in [1.54, 1.807) is 13.0 Å². The summed E-state index contributed by atoms with van der Waals surface area (Å²) in [7, 11) is 0. The van der Waals surface area contributed by atoms with Crippen molar-refractivity contribution in [3.05, 3.63) is 23.8 Å². The maximum Gasteiger partial charge on any atom is 0.357 e. The van der Waals surface area contributed by atoms with Gasteiger partial charge in [0.2, 0.25) is 0 Å². The third-order valence-electron chi connectivity index (χ3n) is 1.27. The topological polar surface area (TPSA) is 75.9 Å². The van der Waals surface area contributed by atoms with Gasteiger partial charge in [-0.05, 0) is 6.92 Å². The van der Waals surface area contributed by atoms with E-state index >= 15 is 0 Å². The summed E-state index contributed by atoms with van der Waals surface area (Å²) in [6.07, 6.45) is 1.16. The van der Waals surface area contributed by atoms with Crippen LogP contribution in [0.15, 0.2) is 12.4 Å². The van der Waals surface area contributed by atoms with Gasteiger partial charge in [0.25, 0.3) is 0 Å². The Labute approximate surface area is 75.0 Å². The molecule has 0 bridgehead atoms. The Bertz CT molecular complexity index is 357. The molecule has 0 aliphatic rings.